The molecule has 3 aromatic heterocycles. The van der Waals surface area contributed by atoms with Crippen molar-refractivity contribution in [3.05, 3.63) is 95.7 Å². The molecule has 6 rings (SSSR count). The van der Waals surface area contributed by atoms with Crippen LogP contribution in [0.4, 0.5) is 0 Å². The molecule has 0 saturated carbocycles. The summed E-state index contributed by atoms with van der Waals surface area (Å²) in [5, 5.41) is 14.0. The summed E-state index contributed by atoms with van der Waals surface area (Å²) in [7, 11) is 0. The molecular weight excluding hydrogens is 482 g/mol. The van der Waals surface area contributed by atoms with Crippen LogP contribution in [0.5, 0.6) is 17.4 Å². The smallest absolute Gasteiger partial charge is 0.219 e. The van der Waals surface area contributed by atoms with Crippen LogP contribution in [0.1, 0.15) is 57.2 Å². The molecule has 1 N–H and O–H groups in total. The molecule has 5 nitrogen and oxygen atoms in total. The zero-order valence-electron chi connectivity index (χ0n) is 23.3. The van der Waals surface area contributed by atoms with Gasteiger partial charge < -0.3 is 9.84 Å². The van der Waals surface area contributed by atoms with E-state index in [-0.39, 0.29) is 11.2 Å². The van der Waals surface area contributed by atoms with Crippen molar-refractivity contribution in [2.45, 2.75) is 52.9 Å². The lowest BCUT2D eigenvalue weighted by Crippen LogP contribution is -2.10. The van der Waals surface area contributed by atoms with E-state index in [4.69, 9.17) is 9.72 Å². The SMILES string of the molecule is Cc1ccc(-n2c3cc(Oc4ccc5cc(C(C)(C)C)cc(O)c5n4)ccc3c3c(C(C)C)cccc32)nc1. The van der Waals surface area contributed by atoms with Gasteiger partial charge in [0.15, 0.2) is 0 Å². The summed E-state index contributed by atoms with van der Waals surface area (Å²) in [6, 6.07) is 24.5. The van der Waals surface area contributed by atoms with Crippen LogP contribution < -0.4 is 4.74 Å². The Morgan fingerprint density at radius 1 is 0.897 bits per heavy atom. The number of pyridine rings is 2. The number of aromatic hydroxyl groups is 1. The predicted octanol–water partition coefficient (Wildman–Crippen LogP) is 8.95. The van der Waals surface area contributed by atoms with Crippen LogP contribution in [0.3, 0.4) is 0 Å². The van der Waals surface area contributed by atoms with Gasteiger partial charge in [0.2, 0.25) is 5.88 Å². The van der Waals surface area contributed by atoms with Gasteiger partial charge in [-0.25, -0.2) is 9.97 Å². The molecule has 0 spiro atoms. The molecule has 0 bridgehead atoms. The topological polar surface area (TPSA) is 60.2 Å². The van der Waals surface area contributed by atoms with Gasteiger partial charge in [-0.1, -0.05) is 52.8 Å². The maximum Gasteiger partial charge on any atom is 0.219 e. The van der Waals surface area contributed by atoms with Crippen LogP contribution in [-0.2, 0) is 5.41 Å². The third-order valence-electron chi connectivity index (χ3n) is 7.38. The van der Waals surface area contributed by atoms with Crippen molar-refractivity contribution in [2.24, 2.45) is 0 Å². The highest BCUT2D eigenvalue weighted by molar-refractivity contribution is 6.11. The van der Waals surface area contributed by atoms with Crippen LogP contribution in [-0.4, -0.2) is 19.6 Å². The molecule has 3 aromatic carbocycles. The molecule has 196 valence electrons. The van der Waals surface area contributed by atoms with Gasteiger partial charge in [-0.05, 0) is 77.4 Å². The monoisotopic (exact) mass is 515 g/mol. The number of fused-ring (bicyclic) bond motifs is 4. The molecule has 6 aromatic rings. The molecule has 3 heterocycles. The molecular formula is C34H33N3O2. The fraction of sp³-hybridized carbons (Fsp3) is 0.235. The Labute approximate surface area is 228 Å². The van der Waals surface area contributed by atoms with Gasteiger partial charge in [0.1, 0.15) is 22.8 Å². The fourth-order valence-corrected chi connectivity index (χ4v) is 5.27. The van der Waals surface area contributed by atoms with E-state index in [1.165, 1.54) is 10.9 Å². The van der Waals surface area contributed by atoms with Gasteiger partial charge in [-0.2, -0.15) is 0 Å². The van der Waals surface area contributed by atoms with Gasteiger partial charge in [-0.3, -0.25) is 4.57 Å². The lowest BCUT2D eigenvalue weighted by atomic mass is 9.86. The van der Waals surface area contributed by atoms with Crippen molar-refractivity contribution < 1.29 is 9.84 Å². The number of phenolic OH excluding ortho intramolecular Hbond substituents is 1. The second-order valence-electron chi connectivity index (χ2n) is 11.7. The minimum atomic E-state index is -0.0730. The normalized spacial score (nSPS) is 12.2. The first-order chi connectivity index (χ1) is 18.6. The number of ether oxygens (including phenoxy) is 1. The van der Waals surface area contributed by atoms with E-state index < -0.39 is 0 Å². The summed E-state index contributed by atoms with van der Waals surface area (Å²) >= 11 is 0. The van der Waals surface area contributed by atoms with E-state index in [2.05, 4.69) is 92.7 Å². The van der Waals surface area contributed by atoms with Gasteiger partial charge >= 0.3 is 0 Å². The first-order valence-electron chi connectivity index (χ1n) is 13.4. The lowest BCUT2D eigenvalue weighted by Gasteiger charge is -2.20. The van der Waals surface area contributed by atoms with Crippen molar-refractivity contribution in [1.82, 2.24) is 14.5 Å². The highest BCUT2D eigenvalue weighted by Gasteiger charge is 2.19. The maximum atomic E-state index is 10.8. The minimum Gasteiger partial charge on any atom is -0.506 e. The van der Waals surface area contributed by atoms with Crippen molar-refractivity contribution in [2.75, 3.05) is 0 Å². The number of hydrogen-bond acceptors (Lipinski definition) is 4. The van der Waals surface area contributed by atoms with Gasteiger partial charge in [0, 0.05) is 34.5 Å². The van der Waals surface area contributed by atoms with Crippen LogP contribution in [0, 0.1) is 6.92 Å². The lowest BCUT2D eigenvalue weighted by molar-refractivity contribution is 0.459. The van der Waals surface area contributed by atoms with Crippen molar-refractivity contribution in [3.63, 3.8) is 0 Å². The molecule has 0 aliphatic carbocycles. The summed E-state index contributed by atoms with van der Waals surface area (Å²) in [4.78, 5) is 9.41. The number of rotatable bonds is 4. The Balaban J connectivity index is 1.49. The molecule has 0 radical (unpaired) electrons. The first-order valence-corrected chi connectivity index (χ1v) is 13.4. The van der Waals surface area contributed by atoms with Crippen molar-refractivity contribution in [1.29, 1.82) is 0 Å². The molecule has 0 fully saturated rings. The first kappa shape index (κ1) is 24.9. The molecule has 0 aliphatic rings. The van der Waals surface area contributed by atoms with Crippen molar-refractivity contribution >= 4 is 32.7 Å². The zero-order chi connectivity index (χ0) is 27.5. The van der Waals surface area contributed by atoms with E-state index in [1.54, 1.807) is 6.07 Å². The molecule has 0 unspecified atom stereocenters. The number of aromatic nitrogens is 3. The minimum absolute atomic E-state index is 0.0730. The van der Waals surface area contributed by atoms with Crippen LogP contribution in [0.2, 0.25) is 0 Å². The molecule has 39 heavy (non-hydrogen) atoms. The predicted molar refractivity (Wildman–Crippen MR) is 160 cm³/mol. The quantitative estimate of drug-likeness (QED) is 0.254. The maximum absolute atomic E-state index is 10.8. The van der Waals surface area contributed by atoms with E-state index >= 15 is 0 Å². The second-order valence-corrected chi connectivity index (χ2v) is 11.7. The third-order valence-corrected chi connectivity index (χ3v) is 7.38. The zero-order valence-corrected chi connectivity index (χ0v) is 23.3. The highest BCUT2D eigenvalue weighted by atomic mass is 16.5. The van der Waals surface area contributed by atoms with Gasteiger partial charge in [0.25, 0.3) is 0 Å². The Morgan fingerprint density at radius 3 is 2.44 bits per heavy atom. The average Bonchev–Trinajstić information content (AvgIpc) is 3.22. The summed E-state index contributed by atoms with van der Waals surface area (Å²) in [5.41, 5.74) is 6.08. The number of benzene rings is 3. The van der Waals surface area contributed by atoms with Crippen molar-refractivity contribution in [3.8, 4) is 23.2 Å². The molecule has 5 heteroatoms. The highest BCUT2D eigenvalue weighted by Crippen LogP contribution is 2.39. The van der Waals surface area contributed by atoms with Crippen LogP contribution in [0.25, 0.3) is 38.5 Å². The Hall–Kier alpha value is -4.38. The van der Waals surface area contributed by atoms with E-state index in [9.17, 15) is 5.11 Å². The second kappa shape index (κ2) is 9.12. The fourth-order valence-electron chi connectivity index (χ4n) is 5.27. The summed E-state index contributed by atoms with van der Waals surface area (Å²) < 4.78 is 8.48. The molecule has 0 saturated heterocycles. The van der Waals surface area contributed by atoms with E-state index in [1.807, 2.05) is 31.3 Å². The third kappa shape index (κ3) is 4.38. The Kier molecular flexibility index (Phi) is 5.83. The van der Waals surface area contributed by atoms with Crippen LogP contribution in [0.15, 0.2) is 79.0 Å². The molecule has 0 atom stereocenters. The largest absolute Gasteiger partial charge is 0.506 e. The van der Waals surface area contributed by atoms with Gasteiger partial charge in [0.05, 0.1) is 11.0 Å². The van der Waals surface area contributed by atoms with E-state index in [0.29, 0.717) is 23.1 Å². The molecule has 0 amide bonds. The Morgan fingerprint density at radius 2 is 1.72 bits per heavy atom. The van der Waals surface area contributed by atoms with Gasteiger partial charge in [-0.15, -0.1) is 0 Å². The Bertz CT molecular complexity index is 1860. The summed E-state index contributed by atoms with van der Waals surface area (Å²) in [5.74, 6) is 2.50. The summed E-state index contributed by atoms with van der Waals surface area (Å²) in [6.07, 6.45) is 1.90. The number of nitrogens with zero attached hydrogens (tertiary/aromatic N) is 3. The van der Waals surface area contributed by atoms with Crippen LogP contribution >= 0.6 is 0 Å². The average molecular weight is 516 g/mol. The van der Waals surface area contributed by atoms with E-state index in [0.717, 1.165) is 38.8 Å². The standard InChI is InChI=1S/C34H33N3O2/c1-20(2)25-8-7-9-27-32(25)26-13-12-24(18-28(26)37(27)30-14-10-21(3)19-35-30)39-31-15-11-22-16-23(34(4,5)6)17-29(38)33(22)36-31/h7-20,38H,1-6H3. The summed E-state index contributed by atoms with van der Waals surface area (Å²) in [6.45, 7) is 12.9. The number of hydrogen-bond donors (Lipinski definition) is 1. The number of aryl methyl sites for hydroxylation is 1. The molecule has 0 aliphatic heterocycles. The number of phenols is 1.